The lowest BCUT2D eigenvalue weighted by Crippen LogP contribution is -2.49. The summed E-state index contributed by atoms with van der Waals surface area (Å²) < 4.78 is 26.3. The summed E-state index contributed by atoms with van der Waals surface area (Å²) in [5.74, 6) is -0.732. The summed E-state index contributed by atoms with van der Waals surface area (Å²) in [7, 11) is -3.44. The Kier molecular flexibility index (Phi) is 6.83. The van der Waals surface area contributed by atoms with Crippen molar-refractivity contribution in [2.45, 2.75) is 82.4 Å². The molecule has 6 nitrogen and oxygen atoms in total. The van der Waals surface area contributed by atoms with E-state index in [1.807, 2.05) is 0 Å². The van der Waals surface area contributed by atoms with Crippen LogP contribution in [0.1, 0.15) is 67.7 Å². The molecule has 0 aromatic heterocycles. The van der Waals surface area contributed by atoms with E-state index in [-0.39, 0.29) is 16.9 Å². The normalized spacial score (nSPS) is 22.9. The Hall–Kier alpha value is -1.44. The van der Waals surface area contributed by atoms with Crippen molar-refractivity contribution in [1.82, 2.24) is 9.80 Å². The van der Waals surface area contributed by atoms with Crippen LogP contribution in [0.3, 0.4) is 0 Å². The molecular weight excluding hydrogens is 434 g/mol. The number of hydrogen-bond donors (Lipinski definition) is 1. The summed E-state index contributed by atoms with van der Waals surface area (Å²) in [5, 5.41) is 2.69. The van der Waals surface area contributed by atoms with Crippen molar-refractivity contribution >= 4 is 21.4 Å². The molecule has 2 aliphatic carbocycles. The summed E-state index contributed by atoms with van der Waals surface area (Å²) in [6, 6.07) is 2.92. The van der Waals surface area contributed by atoms with E-state index in [4.69, 9.17) is 0 Å². The standard InChI is InChI=1S/C26H39N3O3S/c1-2-28-13-9-21(10-14-28)29-15-11-22(12-16-29)33(31,32)18-25(30)27-26-23-7-3-5-19(23)17-20-6-4-8-24(20)26/h17,21-22H,2-16,18H2,1H3,(H,27,30). The molecule has 1 aromatic rings. The molecule has 0 bridgehead atoms. The number of hydrogen-bond acceptors (Lipinski definition) is 5. The molecule has 2 saturated heterocycles. The minimum Gasteiger partial charge on any atom is -0.325 e. The second kappa shape index (κ2) is 9.67. The zero-order chi connectivity index (χ0) is 23.0. The van der Waals surface area contributed by atoms with E-state index < -0.39 is 9.84 Å². The predicted octanol–water partition coefficient (Wildman–Crippen LogP) is 2.97. The van der Waals surface area contributed by atoms with Gasteiger partial charge in [-0.25, -0.2) is 8.42 Å². The quantitative estimate of drug-likeness (QED) is 0.688. The fourth-order valence-corrected chi connectivity index (χ4v) is 8.25. The number of nitrogens with one attached hydrogen (secondary N) is 1. The van der Waals surface area contributed by atoms with Crippen LogP contribution >= 0.6 is 0 Å². The molecule has 0 atom stereocenters. The summed E-state index contributed by atoms with van der Waals surface area (Å²) in [6.07, 6.45) is 10.0. The van der Waals surface area contributed by atoms with E-state index in [1.165, 1.54) is 35.1 Å². The highest BCUT2D eigenvalue weighted by Gasteiger charge is 2.35. The Bertz CT molecular complexity index is 958. The lowest BCUT2D eigenvalue weighted by molar-refractivity contribution is -0.113. The lowest BCUT2D eigenvalue weighted by Gasteiger charge is -2.41. The number of sulfone groups is 1. The number of carbonyl (C=O) groups is 1. The third kappa shape index (κ3) is 4.87. The molecule has 0 spiro atoms. The van der Waals surface area contributed by atoms with Crippen LogP contribution in [-0.4, -0.2) is 73.9 Å². The van der Waals surface area contributed by atoms with E-state index in [0.717, 1.165) is 76.9 Å². The fraction of sp³-hybridized carbons (Fsp3) is 0.731. The Morgan fingerprint density at radius 2 is 1.55 bits per heavy atom. The van der Waals surface area contributed by atoms with Gasteiger partial charge in [0.05, 0.1) is 5.25 Å². The SMILES string of the molecule is CCN1CCC(N2CCC(S(=O)(=O)CC(=O)Nc3c4c(cc5c3CCC5)CCC4)CC2)CC1. The van der Waals surface area contributed by atoms with Crippen molar-refractivity contribution in [3.63, 3.8) is 0 Å². The van der Waals surface area contributed by atoms with Gasteiger partial charge in [0.1, 0.15) is 5.75 Å². The van der Waals surface area contributed by atoms with Crippen LogP contribution in [0.15, 0.2) is 6.07 Å². The molecule has 0 unspecified atom stereocenters. The number of nitrogens with zero attached hydrogens (tertiary/aromatic N) is 2. The highest BCUT2D eigenvalue weighted by atomic mass is 32.2. The van der Waals surface area contributed by atoms with Gasteiger partial charge in [0.15, 0.2) is 9.84 Å². The third-order valence-corrected chi connectivity index (χ3v) is 10.7. The van der Waals surface area contributed by atoms with Gasteiger partial charge in [0, 0.05) is 11.7 Å². The van der Waals surface area contributed by atoms with Gasteiger partial charge in [-0.2, -0.15) is 0 Å². The van der Waals surface area contributed by atoms with E-state index in [9.17, 15) is 13.2 Å². The smallest absolute Gasteiger partial charge is 0.239 e. The molecule has 2 fully saturated rings. The van der Waals surface area contributed by atoms with Gasteiger partial charge in [-0.3, -0.25) is 4.79 Å². The number of anilines is 1. The molecular formula is C26H39N3O3S. The molecule has 2 heterocycles. The van der Waals surface area contributed by atoms with Gasteiger partial charge in [-0.05, 0) is 119 Å². The first-order valence-corrected chi connectivity index (χ1v) is 14.8. The monoisotopic (exact) mass is 473 g/mol. The Morgan fingerprint density at radius 1 is 0.939 bits per heavy atom. The fourth-order valence-electron chi connectivity index (χ4n) is 6.64. The molecule has 7 heteroatoms. The topological polar surface area (TPSA) is 69.7 Å². The molecule has 0 saturated carbocycles. The van der Waals surface area contributed by atoms with Crippen LogP contribution in [0.4, 0.5) is 5.69 Å². The molecule has 4 aliphatic rings. The number of rotatable bonds is 6. The third-order valence-electron chi connectivity index (χ3n) is 8.57. The number of amides is 1. The highest BCUT2D eigenvalue weighted by molar-refractivity contribution is 7.92. The zero-order valence-corrected chi connectivity index (χ0v) is 20.9. The molecule has 1 N–H and O–H groups in total. The molecule has 182 valence electrons. The van der Waals surface area contributed by atoms with E-state index in [2.05, 4.69) is 28.1 Å². The second-order valence-electron chi connectivity index (χ2n) is 10.5. The van der Waals surface area contributed by atoms with Crippen LogP contribution < -0.4 is 5.32 Å². The van der Waals surface area contributed by atoms with Crippen molar-refractivity contribution in [3.8, 4) is 0 Å². The van der Waals surface area contributed by atoms with Gasteiger partial charge >= 0.3 is 0 Å². The van der Waals surface area contributed by atoms with Crippen LogP contribution in [-0.2, 0) is 40.3 Å². The van der Waals surface area contributed by atoms with Crippen LogP contribution in [0.5, 0.6) is 0 Å². The summed E-state index contributed by atoms with van der Waals surface area (Å²) in [5.41, 5.74) is 6.16. The van der Waals surface area contributed by atoms with Crippen molar-refractivity contribution in [1.29, 1.82) is 0 Å². The minimum absolute atomic E-state index is 0.348. The summed E-state index contributed by atoms with van der Waals surface area (Å²) in [4.78, 5) is 17.9. The van der Waals surface area contributed by atoms with Gasteiger partial charge < -0.3 is 15.1 Å². The van der Waals surface area contributed by atoms with Gasteiger partial charge in [0.25, 0.3) is 0 Å². The Balaban J connectivity index is 1.18. The molecule has 2 aliphatic heterocycles. The lowest BCUT2D eigenvalue weighted by atomic mass is 9.98. The zero-order valence-electron chi connectivity index (χ0n) is 20.1. The van der Waals surface area contributed by atoms with E-state index in [0.29, 0.717) is 18.9 Å². The first-order valence-electron chi connectivity index (χ1n) is 13.1. The molecule has 33 heavy (non-hydrogen) atoms. The first kappa shape index (κ1) is 23.3. The number of benzene rings is 1. The van der Waals surface area contributed by atoms with E-state index >= 15 is 0 Å². The number of aryl methyl sites for hydroxylation is 2. The van der Waals surface area contributed by atoms with Gasteiger partial charge in [-0.15, -0.1) is 0 Å². The first-order chi connectivity index (χ1) is 15.9. The Labute approximate surface area is 199 Å². The van der Waals surface area contributed by atoms with Crippen LogP contribution in [0, 0.1) is 0 Å². The van der Waals surface area contributed by atoms with Gasteiger partial charge in [-0.1, -0.05) is 13.0 Å². The number of likely N-dealkylation sites (tertiary alicyclic amines) is 2. The number of carbonyl (C=O) groups excluding carboxylic acids is 1. The molecule has 5 rings (SSSR count). The predicted molar refractivity (Wildman–Crippen MR) is 133 cm³/mol. The largest absolute Gasteiger partial charge is 0.325 e. The highest BCUT2D eigenvalue weighted by Crippen LogP contribution is 2.38. The maximum atomic E-state index is 13.1. The number of piperidine rings is 2. The summed E-state index contributed by atoms with van der Waals surface area (Å²) in [6.45, 7) is 7.29. The maximum absolute atomic E-state index is 13.1. The Morgan fingerprint density at radius 3 is 2.12 bits per heavy atom. The van der Waals surface area contributed by atoms with Crippen LogP contribution in [0.2, 0.25) is 0 Å². The van der Waals surface area contributed by atoms with Crippen molar-refractivity contribution < 1.29 is 13.2 Å². The summed E-state index contributed by atoms with van der Waals surface area (Å²) >= 11 is 0. The van der Waals surface area contributed by atoms with Crippen molar-refractivity contribution in [2.75, 3.05) is 43.8 Å². The molecule has 1 aromatic carbocycles. The second-order valence-corrected chi connectivity index (χ2v) is 12.8. The van der Waals surface area contributed by atoms with E-state index in [1.54, 1.807) is 0 Å². The van der Waals surface area contributed by atoms with Crippen molar-refractivity contribution in [2.24, 2.45) is 0 Å². The molecule has 0 radical (unpaired) electrons. The van der Waals surface area contributed by atoms with Gasteiger partial charge in [0.2, 0.25) is 5.91 Å². The van der Waals surface area contributed by atoms with Crippen LogP contribution in [0.25, 0.3) is 0 Å². The average Bonchev–Trinajstić information content (AvgIpc) is 3.48. The molecule has 1 amide bonds. The van der Waals surface area contributed by atoms with Crippen molar-refractivity contribution in [3.05, 3.63) is 28.3 Å². The number of fused-ring (bicyclic) bond motifs is 2. The average molecular weight is 474 g/mol. The minimum atomic E-state index is -3.44. The maximum Gasteiger partial charge on any atom is 0.239 e.